The van der Waals surface area contributed by atoms with E-state index in [1.807, 2.05) is 49.4 Å². The van der Waals surface area contributed by atoms with Crippen LogP contribution < -0.4 is 15.8 Å². The Balaban J connectivity index is 0.00000312. The number of hydrogen-bond donors (Lipinski definition) is 2. The molecule has 0 radical (unpaired) electrons. The molecule has 0 fully saturated rings. The predicted molar refractivity (Wildman–Crippen MR) is 104 cm³/mol. The maximum atomic E-state index is 12.2. The summed E-state index contributed by atoms with van der Waals surface area (Å²) in [5.41, 5.74) is 9.33. The second-order valence-corrected chi connectivity index (χ2v) is 5.59. The van der Waals surface area contributed by atoms with Crippen molar-refractivity contribution >= 4 is 29.7 Å². The first-order chi connectivity index (χ1) is 11.6. The molecule has 2 aromatic carbocycles. The molecule has 25 heavy (non-hydrogen) atoms. The molecule has 2 rings (SSSR count). The largest absolute Gasteiger partial charge is 0.489 e. The average Bonchev–Trinajstić information content (AvgIpc) is 2.57. The number of amides is 1. The van der Waals surface area contributed by atoms with E-state index >= 15 is 0 Å². The third-order valence-electron chi connectivity index (χ3n) is 3.63. The van der Waals surface area contributed by atoms with Crippen molar-refractivity contribution in [3.05, 3.63) is 53.6 Å². The smallest absolute Gasteiger partial charge is 0.224 e. The van der Waals surface area contributed by atoms with Gasteiger partial charge in [-0.2, -0.15) is 0 Å². The Hall–Kier alpha value is -2.24. The van der Waals surface area contributed by atoms with Gasteiger partial charge < -0.3 is 20.5 Å². The Labute approximate surface area is 154 Å². The van der Waals surface area contributed by atoms with Crippen molar-refractivity contribution in [1.82, 2.24) is 0 Å². The standard InChI is InChI=1S/C19H24N2O3.ClH/c1-14-7-9-17(18(13-14)24-12-11-23-2)21-19(22)10-8-15-5-3-4-6-16(15)20;/h3-7,9,13H,8,10-12,20H2,1-2H3,(H,21,22);1H. The minimum atomic E-state index is -0.0707. The molecule has 0 bridgehead atoms. The van der Waals surface area contributed by atoms with Gasteiger partial charge in [0.05, 0.1) is 12.3 Å². The quantitative estimate of drug-likeness (QED) is 0.554. The molecule has 136 valence electrons. The fourth-order valence-corrected chi connectivity index (χ4v) is 2.31. The number of benzene rings is 2. The third-order valence-corrected chi connectivity index (χ3v) is 3.63. The third kappa shape index (κ3) is 6.64. The molecule has 6 heteroatoms. The van der Waals surface area contributed by atoms with Crippen molar-refractivity contribution in [3.8, 4) is 5.75 Å². The van der Waals surface area contributed by atoms with Crippen molar-refractivity contribution in [2.45, 2.75) is 19.8 Å². The Morgan fingerprint density at radius 2 is 1.92 bits per heavy atom. The Kier molecular flexibility index (Phi) is 8.81. The number of nitrogens with two attached hydrogens (primary N) is 1. The van der Waals surface area contributed by atoms with E-state index in [1.54, 1.807) is 7.11 Å². The number of aryl methyl sites for hydroxylation is 2. The van der Waals surface area contributed by atoms with Crippen LogP contribution in [0.15, 0.2) is 42.5 Å². The van der Waals surface area contributed by atoms with Gasteiger partial charge in [-0.1, -0.05) is 24.3 Å². The van der Waals surface area contributed by atoms with E-state index in [1.165, 1.54) is 0 Å². The van der Waals surface area contributed by atoms with Gasteiger partial charge in [-0.3, -0.25) is 4.79 Å². The number of hydrogen-bond acceptors (Lipinski definition) is 4. The fraction of sp³-hybridized carbons (Fsp3) is 0.316. The molecule has 0 aliphatic carbocycles. The molecular weight excluding hydrogens is 340 g/mol. The highest BCUT2D eigenvalue weighted by Crippen LogP contribution is 2.26. The van der Waals surface area contributed by atoms with Crippen LogP contribution in [0.2, 0.25) is 0 Å². The zero-order valence-corrected chi connectivity index (χ0v) is 15.4. The highest BCUT2D eigenvalue weighted by molar-refractivity contribution is 5.92. The topological polar surface area (TPSA) is 73.6 Å². The van der Waals surface area contributed by atoms with Gasteiger partial charge in [-0.05, 0) is 42.7 Å². The molecule has 0 unspecified atom stereocenters. The zero-order chi connectivity index (χ0) is 17.4. The number of methoxy groups -OCH3 is 1. The van der Waals surface area contributed by atoms with Crippen molar-refractivity contribution in [1.29, 1.82) is 0 Å². The first kappa shape index (κ1) is 20.8. The molecule has 1 amide bonds. The molecule has 0 saturated heterocycles. The number of halogens is 1. The lowest BCUT2D eigenvalue weighted by molar-refractivity contribution is -0.116. The molecule has 5 nitrogen and oxygen atoms in total. The van der Waals surface area contributed by atoms with Gasteiger partial charge in [-0.15, -0.1) is 12.4 Å². The maximum Gasteiger partial charge on any atom is 0.224 e. The summed E-state index contributed by atoms with van der Waals surface area (Å²) >= 11 is 0. The number of rotatable bonds is 8. The highest BCUT2D eigenvalue weighted by Gasteiger charge is 2.09. The molecule has 2 aromatic rings. The second-order valence-electron chi connectivity index (χ2n) is 5.59. The fourth-order valence-electron chi connectivity index (χ4n) is 2.31. The number of ether oxygens (including phenoxy) is 2. The molecular formula is C19H25ClN2O3. The predicted octanol–water partition coefficient (Wildman–Crippen LogP) is 3.60. The average molecular weight is 365 g/mol. The van der Waals surface area contributed by atoms with Crippen molar-refractivity contribution in [2.24, 2.45) is 0 Å². The van der Waals surface area contributed by atoms with E-state index in [-0.39, 0.29) is 18.3 Å². The summed E-state index contributed by atoms with van der Waals surface area (Å²) in [6.45, 7) is 2.91. The van der Waals surface area contributed by atoms with Crippen LogP contribution in [0, 0.1) is 6.92 Å². The number of para-hydroxylation sites is 1. The van der Waals surface area contributed by atoms with Crippen LogP contribution in [0.1, 0.15) is 17.5 Å². The van der Waals surface area contributed by atoms with E-state index in [0.29, 0.717) is 43.2 Å². The second kappa shape index (κ2) is 10.6. The van der Waals surface area contributed by atoms with E-state index in [9.17, 15) is 4.79 Å². The summed E-state index contributed by atoms with van der Waals surface area (Å²) < 4.78 is 10.7. The lowest BCUT2D eigenvalue weighted by Crippen LogP contribution is -2.14. The molecule has 0 spiro atoms. The van der Waals surface area contributed by atoms with E-state index in [2.05, 4.69) is 5.32 Å². The van der Waals surface area contributed by atoms with Crippen LogP contribution in [0.5, 0.6) is 5.75 Å². The lowest BCUT2D eigenvalue weighted by atomic mass is 10.1. The molecule has 0 aliphatic heterocycles. The normalized spacial score (nSPS) is 10.0. The van der Waals surface area contributed by atoms with Crippen LogP contribution in [0.25, 0.3) is 0 Å². The van der Waals surface area contributed by atoms with Gasteiger partial charge in [0.2, 0.25) is 5.91 Å². The van der Waals surface area contributed by atoms with E-state index in [4.69, 9.17) is 15.2 Å². The van der Waals surface area contributed by atoms with Gasteiger partial charge in [0.15, 0.2) is 0 Å². The number of nitrogens with one attached hydrogen (secondary N) is 1. The van der Waals surface area contributed by atoms with Gasteiger partial charge in [-0.25, -0.2) is 0 Å². The molecule has 0 atom stereocenters. The highest BCUT2D eigenvalue weighted by atomic mass is 35.5. The summed E-state index contributed by atoms with van der Waals surface area (Å²) in [6.07, 6.45) is 0.962. The first-order valence-electron chi connectivity index (χ1n) is 7.96. The summed E-state index contributed by atoms with van der Waals surface area (Å²) in [7, 11) is 1.62. The van der Waals surface area contributed by atoms with Crippen LogP contribution >= 0.6 is 12.4 Å². The van der Waals surface area contributed by atoms with Crippen molar-refractivity contribution in [3.63, 3.8) is 0 Å². The van der Waals surface area contributed by atoms with Gasteiger partial charge in [0.25, 0.3) is 0 Å². The molecule has 0 saturated carbocycles. The van der Waals surface area contributed by atoms with Gasteiger partial charge in [0.1, 0.15) is 12.4 Å². The van der Waals surface area contributed by atoms with Crippen LogP contribution in [-0.4, -0.2) is 26.2 Å². The van der Waals surface area contributed by atoms with Crippen LogP contribution in [0.3, 0.4) is 0 Å². The lowest BCUT2D eigenvalue weighted by Gasteiger charge is -2.13. The Bertz CT molecular complexity index is 692. The summed E-state index contributed by atoms with van der Waals surface area (Å²) in [5, 5.41) is 2.91. The molecule has 0 heterocycles. The Morgan fingerprint density at radius 1 is 1.16 bits per heavy atom. The van der Waals surface area contributed by atoms with Gasteiger partial charge >= 0.3 is 0 Å². The summed E-state index contributed by atoms with van der Waals surface area (Å²) in [4.78, 5) is 12.2. The first-order valence-corrected chi connectivity index (χ1v) is 7.96. The van der Waals surface area contributed by atoms with Crippen molar-refractivity contribution in [2.75, 3.05) is 31.4 Å². The molecule has 0 aromatic heterocycles. The van der Waals surface area contributed by atoms with Crippen LogP contribution in [0.4, 0.5) is 11.4 Å². The minimum Gasteiger partial charge on any atom is -0.489 e. The Morgan fingerprint density at radius 3 is 2.64 bits per heavy atom. The zero-order valence-electron chi connectivity index (χ0n) is 14.6. The molecule has 0 aliphatic rings. The van der Waals surface area contributed by atoms with Crippen molar-refractivity contribution < 1.29 is 14.3 Å². The van der Waals surface area contributed by atoms with Crippen LogP contribution in [-0.2, 0) is 16.0 Å². The molecule has 3 N–H and O–H groups in total. The maximum absolute atomic E-state index is 12.2. The van der Waals surface area contributed by atoms with E-state index < -0.39 is 0 Å². The summed E-state index contributed by atoms with van der Waals surface area (Å²) in [5.74, 6) is 0.582. The summed E-state index contributed by atoms with van der Waals surface area (Å²) in [6, 6.07) is 13.3. The monoisotopic (exact) mass is 364 g/mol. The van der Waals surface area contributed by atoms with Gasteiger partial charge in [0, 0.05) is 19.2 Å². The number of anilines is 2. The van der Waals surface area contributed by atoms with E-state index in [0.717, 1.165) is 11.1 Å². The number of carbonyl (C=O) groups is 1. The minimum absolute atomic E-state index is 0. The SMILES string of the molecule is COCCOc1cc(C)ccc1NC(=O)CCc1ccccc1N.Cl. The number of carbonyl (C=O) groups excluding carboxylic acids is 1. The number of nitrogen functional groups attached to an aromatic ring is 1.